The fraction of sp³-hybridized carbons (Fsp3) is 0.121. The van der Waals surface area contributed by atoms with E-state index in [1.165, 1.54) is 23.5 Å². The molecule has 1 N–H and O–H groups in total. The first-order valence-electron chi connectivity index (χ1n) is 13.2. The van der Waals surface area contributed by atoms with E-state index >= 15 is 0 Å². The lowest BCUT2D eigenvalue weighted by molar-refractivity contribution is -0.113. The Morgan fingerprint density at radius 3 is 2.49 bits per heavy atom. The average molecular weight is 563 g/mol. The van der Waals surface area contributed by atoms with Crippen LogP contribution in [-0.4, -0.2) is 15.0 Å². The first-order chi connectivity index (χ1) is 19.9. The normalized spacial score (nSPS) is 15.1. The topological polar surface area (TPSA) is 68.4 Å². The van der Waals surface area contributed by atoms with Crippen molar-refractivity contribution in [1.82, 2.24) is 9.13 Å². The number of carbonyl (C=O) groups excluding carboxylic acids is 1. The number of amides is 1. The van der Waals surface area contributed by atoms with E-state index < -0.39 is 11.9 Å². The number of anilines is 1. The number of fused-ring (bicyclic) bond motifs is 2. The summed E-state index contributed by atoms with van der Waals surface area (Å²) in [6.07, 6.45) is 3.76. The zero-order valence-corrected chi connectivity index (χ0v) is 23.4. The summed E-state index contributed by atoms with van der Waals surface area (Å²) in [6.45, 7) is 8.34. The quantitative estimate of drug-likeness (QED) is 0.279. The molecule has 1 unspecified atom stereocenters. The Balaban J connectivity index is 1.55. The molecule has 6 nitrogen and oxygen atoms in total. The molecule has 6 rings (SSSR count). The number of hydrogen-bond acceptors (Lipinski definition) is 4. The number of halogens is 1. The number of aromatic nitrogens is 2. The van der Waals surface area contributed by atoms with Crippen molar-refractivity contribution in [2.24, 2.45) is 4.99 Å². The van der Waals surface area contributed by atoms with Gasteiger partial charge in [-0.15, -0.1) is 6.58 Å². The van der Waals surface area contributed by atoms with Crippen LogP contribution >= 0.6 is 11.3 Å². The average Bonchev–Trinajstić information content (AvgIpc) is 3.42. The van der Waals surface area contributed by atoms with E-state index in [-0.39, 0.29) is 11.5 Å². The highest BCUT2D eigenvalue weighted by Crippen LogP contribution is 2.31. The van der Waals surface area contributed by atoms with Crippen LogP contribution in [0.5, 0.6) is 0 Å². The Morgan fingerprint density at radius 1 is 1.05 bits per heavy atom. The molecule has 0 spiro atoms. The Morgan fingerprint density at radius 2 is 1.76 bits per heavy atom. The van der Waals surface area contributed by atoms with Gasteiger partial charge in [-0.3, -0.25) is 14.2 Å². The van der Waals surface area contributed by atoms with Crippen LogP contribution < -0.4 is 20.2 Å². The smallest absolute Gasteiger partial charge is 0.271 e. The molecule has 3 heterocycles. The van der Waals surface area contributed by atoms with Crippen molar-refractivity contribution in [2.75, 3.05) is 5.32 Å². The molecule has 0 radical (unpaired) electrons. The molecule has 1 atom stereocenters. The van der Waals surface area contributed by atoms with Crippen molar-refractivity contribution in [3.05, 3.63) is 145 Å². The molecule has 204 valence electrons. The molecular weight excluding hydrogens is 535 g/mol. The van der Waals surface area contributed by atoms with Crippen LogP contribution in [0.25, 0.3) is 17.0 Å². The second-order valence-electron chi connectivity index (χ2n) is 9.87. The van der Waals surface area contributed by atoms with Crippen LogP contribution in [-0.2, 0) is 11.3 Å². The molecule has 41 heavy (non-hydrogen) atoms. The highest BCUT2D eigenvalue weighted by Gasteiger charge is 2.32. The van der Waals surface area contributed by atoms with Crippen molar-refractivity contribution in [3.63, 3.8) is 0 Å². The van der Waals surface area contributed by atoms with Crippen molar-refractivity contribution in [2.45, 2.75) is 26.4 Å². The summed E-state index contributed by atoms with van der Waals surface area (Å²) in [4.78, 5) is 33.0. The van der Waals surface area contributed by atoms with Crippen LogP contribution in [0.4, 0.5) is 10.1 Å². The third kappa shape index (κ3) is 4.66. The number of allylic oxidation sites excluding steroid dienone is 2. The minimum atomic E-state index is -0.777. The van der Waals surface area contributed by atoms with E-state index in [1.807, 2.05) is 55.5 Å². The number of benzene rings is 3. The minimum absolute atomic E-state index is 0.263. The third-order valence-corrected chi connectivity index (χ3v) is 8.33. The summed E-state index contributed by atoms with van der Waals surface area (Å²) in [7, 11) is 0. The van der Waals surface area contributed by atoms with Crippen molar-refractivity contribution < 1.29 is 9.18 Å². The third-order valence-electron chi connectivity index (χ3n) is 7.35. The number of hydrogen-bond donors (Lipinski definition) is 1. The molecule has 1 amide bonds. The molecule has 0 fully saturated rings. The molecule has 1 aliphatic heterocycles. The van der Waals surface area contributed by atoms with E-state index in [4.69, 9.17) is 4.99 Å². The maximum Gasteiger partial charge on any atom is 0.271 e. The SMILES string of the molecule is C=CCn1c(C)c(/C=c2/sc3n(c2=O)C(c2ccc(F)cc2)C(C(=O)Nc2ccccc2)=C(C)N=3)c2ccccc21. The Kier molecular flexibility index (Phi) is 6.85. The van der Waals surface area contributed by atoms with Gasteiger partial charge in [0.25, 0.3) is 11.5 Å². The molecule has 2 aromatic heterocycles. The number of rotatable bonds is 6. The summed E-state index contributed by atoms with van der Waals surface area (Å²) in [5.41, 5.74) is 4.83. The van der Waals surface area contributed by atoms with Crippen LogP contribution in [0.2, 0.25) is 0 Å². The van der Waals surface area contributed by atoms with Crippen molar-refractivity contribution >= 4 is 39.9 Å². The van der Waals surface area contributed by atoms with Gasteiger partial charge in [-0.2, -0.15) is 0 Å². The number of carbonyl (C=O) groups is 1. The lowest BCUT2D eigenvalue weighted by atomic mass is 9.95. The molecule has 1 aliphatic rings. The second kappa shape index (κ2) is 10.6. The molecule has 0 saturated carbocycles. The summed E-state index contributed by atoms with van der Waals surface area (Å²) in [5.74, 6) is -0.770. The number of para-hydroxylation sites is 2. The van der Waals surface area contributed by atoms with Gasteiger partial charge in [0.15, 0.2) is 4.80 Å². The first-order valence-corrected chi connectivity index (χ1v) is 14.0. The van der Waals surface area contributed by atoms with E-state index in [0.717, 1.165) is 22.2 Å². The van der Waals surface area contributed by atoms with Gasteiger partial charge in [-0.1, -0.05) is 65.9 Å². The van der Waals surface area contributed by atoms with E-state index in [1.54, 1.807) is 35.8 Å². The molecule has 0 bridgehead atoms. The number of thiazole rings is 1. The van der Waals surface area contributed by atoms with Crippen LogP contribution in [0, 0.1) is 12.7 Å². The molecular formula is C33H27FN4O2S. The van der Waals surface area contributed by atoms with Crippen LogP contribution in [0.3, 0.4) is 0 Å². The lowest BCUT2D eigenvalue weighted by Gasteiger charge is -2.25. The van der Waals surface area contributed by atoms with Crippen LogP contribution in [0.1, 0.15) is 29.8 Å². The monoisotopic (exact) mass is 562 g/mol. The van der Waals surface area contributed by atoms with E-state index in [0.29, 0.717) is 38.4 Å². The maximum atomic E-state index is 14.1. The number of nitrogens with one attached hydrogen (secondary N) is 1. The van der Waals surface area contributed by atoms with Gasteiger partial charge in [0.1, 0.15) is 5.82 Å². The highest BCUT2D eigenvalue weighted by atomic mass is 32.1. The Hall–Kier alpha value is -4.82. The van der Waals surface area contributed by atoms with Crippen molar-refractivity contribution in [3.8, 4) is 0 Å². The first kappa shape index (κ1) is 26.4. The summed E-state index contributed by atoms with van der Waals surface area (Å²) >= 11 is 1.28. The predicted octanol–water partition coefficient (Wildman–Crippen LogP) is 5.46. The van der Waals surface area contributed by atoms with Gasteiger partial charge in [0.2, 0.25) is 0 Å². The summed E-state index contributed by atoms with van der Waals surface area (Å²) in [6, 6.07) is 22.3. The number of nitrogens with zero attached hydrogens (tertiary/aromatic N) is 3. The maximum absolute atomic E-state index is 14.1. The van der Waals surface area contributed by atoms with Gasteiger partial charge in [0.05, 0.1) is 21.8 Å². The van der Waals surface area contributed by atoms with Gasteiger partial charge in [-0.25, -0.2) is 9.38 Å². The zero-order chi connectivity index (χ0) is 28.7. The molecule has 0 saturated heterocycles. The molecule has 5 aromatic rings. The Labute approximate surface area is 239 Å². The van der Waals surface area contributed by atoms with Gasteiger partial charge < -0.3 is 9.88 Å². The summed E-state index contributed by atoms with van der Waals surface area (Å²) in [5, 5.41) is 3.97. The van der Waals surface area contributed by atoms with Gasteiger partial charge in [-0.05, 0) is 55.8 Å². The Bertz CT molecular complexity index is 2030. The lowest BCUT2D eigenvalue weighted by Crippen LogP contribution is -2.40. The minimum Gasteiger partial charge on any atom is -0.340 e. The zero-order valence-electron chi connectivity index (χ0n) is 22.6. The summed E-state index contributed by atoms with van der Waals surface area (Å²) < 4.78 is 18.1. The fourth-order valence-electron chi connectivity index (χ4n) is 5.43. The molecule has 3 aromatic carbocycles. The predicted molar refractivity (Wildman–Crippen MR) is 162 cm³/mol. The van der Waals surface area contributed by atoms with Crippen molar-refractivity contribution in [1.29, 1.82) is 0 Å². The van der Waals surface area contributed by atoms with Crippen LogP contribution in [0.15, 0.2) is 113 Å². The van der Waals surface area contributed by atoms with Gasteiger partial charge >= 0.3 is 0 Å². The second-order valence-corrected chi connectivity index (χ2v) is 10.9. The van der Waals surface area contributed by atoms with Gasteiger partial charge in [0, 0.05) is 34.4 Å². The fourth-order valence-corrected chi connectivity index (χ4v) is 6.46. The molecule has 0 aliphatic carbocycles. The molecule has 8 heteroatoms. The van der Waals surface area contributed by atoms with E-state index in [2.05, 4.69) is 22.5 Å². The largest absolute Gasteiger partial charge is 0.340 e. The van der Waals surface area contributed by atoms with E-state index in [9.17, 15) is 14.0 Å². The standard InChI is InChI=1S/C33H27FN4O2S/c1-4-18-37-21(3)26(25-12-8-9-13-27(25)37)19-28-32(40)38-30(22-14-16-23(34)17-15-22)29(20(2)35-33(38)41-28)31(39)36-24-10-6-5-7-11-24/h4-17,19,30H,1,18H2,2-3H3,(H,36,39)/b28-19+. The highest BCUT2D eigenvalue weighted by molar-refractivity contribution is 7.07.